The lowest BCUT2D eigenvalue weighted by atomic mass is 10.1. The molecule has 0 aliphatic heterocycles. The lowest BCUT2D eigenvalue weighted by molar-refractivity contribution is 0.103. The molecule has 3 heterocycles. The Labute approximate surface area is 158 Å². The third-order valence-electron chi connectivity index (χ3n) is 5.01. The summed E-state index contributed by atoms with van der Waals surface area (Å²) in [6, 6.07) is 19.3. The van der Waals surface area contributed by atoms with E-state index in [1.807, 2.05) is 54.7 Å². The smallest absolute Gasteiger partial charge is 0.216 e. The van der Waals surface area contributed by atoms with Gasteiger partial charge in [-0.15, -0.1) is 10.2 Å². The van der Waals surface area contributed by atoms with Crippen LogP contribution < -0.4 is 0 Å². The van der Waals surface area contributed by atoms with Crippen LogP contribution in [0.5, 0.6) is 0 Å². The number of hydrogen-bond donors (Lipinski definition) is 0. The number of rotatable bonds is 1. The van der Waals surface area contributed by atoms with Crippen LogP contribution in [-0.2, 0) is 0 Å². The van der Waals surface area contributed by atoms with Gasteiger partial charge in [0.25, 0.3) is 0 Å². The lowest BCUT2D eigenvalue weighted by Gasteiger charge is -2.05. The second-order valence-electron chi connectivity index (χ2n) is 6.62. The van der Waals surface area contributed by atoms with Crippen molar-refractivity contribution in [2.24, 2.45) is 0 Å². The number of ketones is 1. The van der Waals surface area contributed by atoms with Gasteiger partial charge in [-0.3, -0.25) is 4.79 Å². The summed E-state index contributed by atoms with van der Waals surface area (Å²) in [5, 5.41) is 11.4. The summed E-state index contributed by atoms with van der Waals surface area (Å²) in [4.78, 5) is 26.2. The highest BCUT2D eigenvalue weighted by Gasteiger charge is 2.30. The molecule has 28 heavy (non-hydrogen) atoms. The van der Waals surface area contributed by atoms with Crippen molar-refractivity contribution in [2.45, 2.75) is 0 Å². The molecule has 1 aliphatic rings. The Morgan fingerprint density at radius 1 is 0.679 bits per heavy atom. The molecule has 0 fully saturated rings. The molecule has 0 saturated carbocycles. The van der Waals surface area contributed by atoms with Crippen LogP contribution in [0, 0.1) is 0 Å². The van der Waals surface area contributed by atoms with Crippen molar-refractivity contribution in [2.75, 3.05) is 0 Å². The van der Waals surface area contributed by atoms with Gasteiger partial charge in [0.2, 0.25) is 11.6 Å². The average molecular weight is 361 g/mol. The monoisotopic (exact) mass is 361 g/mol. The third-order valence-corrected chi connectivity index (χ3v) is 5.01. The van der Waals surface area contributed by atoms with Gasteiger partial charge in [-0.1, -0.05) is 48.5 Å². The summed E-state index contributed by atoms with van der Waals surface area (Å²) < 4.78 is 0. The van der Waals surface area contributed by atoms with E-state index in [4.69, 9.17) is 0 Å². The normalized spacial score (nSPS) is 12.4. The first-order valence-electron chi connectivity index (χ1n) is 8.83. The Morgan fingerprint density at radius 3 is 2.43 bits per heavy atom. The van der Waals surface area contributed by atoms with Crippen molar-refractivity contribution in [3.05, 3.63) is 78.1 Å². The number of carbonyl (C=O) groups excluding carboxylic acids is 1. The second kappa shape index (κ2) is 5.47. The standard InChI is InChI=1S/C22H11N5O/c28-20-15-8-4-3-7-14(15)18-19(20)26-27-22(25-18)17-10-9-16-13-6-2-1-5-12(13)11-23-21(16)24-17/h1-11H. The number of hydrogen-bond acceptors (Lipinski definition) is 6. The van der Waals surface area contributed by atoms with E-state index in [-0.39, 0.29) is 11.5 Å². The van der Waals surface area contributed by atoms with Gasteiger partial charge >= 0.3 is 0 Å². The number of benzene rings is 2. The molecule has 3 aromatic heterocycles. The van der Waals surface area contributed by atoms with Gasteiger partial charge in [0.1, 0.15) is 11.4 Å². The van der Waals surface area contributed by atoms with Gasteiger partial charge in [0, 0.05) is 28.1 Å². The predicted octanol–water partition coefficient (Wildman–Crippen LogP) is 3.85. The molecule has 0 spiro atoms. The van der Waals surface area contributed by atoms with E-state index in [0.29, 0.717) is 28.4 Å². The molecule has 0 saturated heterocycles. The van der Waals surface area contributed by atoms with Crippen LogP contribution in [0.25, 0.3) is 44.6 Å². The molecule has 2 aromatic carbocycles. The van der Waals surface area contributed by atoms with Gasteiger partial charge in [-0.05, 0) is 17.5 Å². The zero-order valence-corrected chi connectivity index (χ0v) is 14.5. The molecular formula is C22H11N5O. The first kappa shape index (κ1) is 15.0. The van der Waals surface area contributed by atoms with Crippen LogP contribution in [0.2, 0.25) is 0 Å². The fraction of sp³-hybridized carbons (Fsp3) is 0. The molecule has 0 bridgehead atoms. The van der Waals surface area contributed by atoms with Gasteiger partial charge in [-0.25, -0.2) is 15.0 Å². The van der Waals surface area contributed by atoms with Crippen molar-refractivity contribution in [1.82, 2.24) is 25.1 Å². The Morgan fingerprint density at radius 2 is 1.50 bits per heavy atom. The van der Waals surface area contributed by atoms with E-state index in [0.717, 1.165) is 21.7 Å². The molecule has 6 rings (SSSR count). The van der Waals surface area contributed by atoms with E-state index >= 15 is 0 Å². The van der Waals surface area contributed by atoms with E-state index in [1.165, 1.54) is 0 Å². The SMILES string of the molecule is O=C1c2ccccc2-c2nc(-c3ccc4c(ncc5ccccc54)n3)nnc21. The average Bonchev–Trinajstić information content (AvgIpc) is 3.05. The van der Waals surface area contributed by atoms with Crippen molar-refractivity contribution in [3.8, 4) is 22.8 Å². The molecule has 130 valence electrons. The maximum absolute atomic E-state index is 12.5. The van der Waals surface area contributed by atoms with E-state index in [9.17, 15) is 4.79 Å². The molecule has 1 aliphatic carbocycles. The van der Waals surface area contributed by atoms with Gasteiger partial charge in [-0.2, -0.15) is 0 Å². The maximum Gasteiger partial charge on any atom is 0.216 e. The van der Waals surface area contributed by atoms with Gasteiger partial charge in [0.15, 0.2) is 11.3 Å². The van der Waals surface area contributed by atoms with E-state index in [2.05, 4.69) is 31.2 Å². The summed E-state index contributed by atoms with van der Waals surface area (Å²) in [5.74, 6) is 0.233. The van der Waals surface area contributed by atoms with E-state index < -0.39 is 0 Å². The number of fused-ring (bicyclic) bond motifs is 6. The summed E-state index contributed by atoms with van der Waals surface area (Å²) in [6.45, 7) is 0. The zero-order chi connectivity index (χ0) is 18.7. The van der Waals surface area contributed by atoms with Crippen molar-refractivity contribution >= 4 is 27.6 Å². The van der Waals surface area contributed by atoms with Crippen molar-refractivity contribution in [1.29, 1.82) is 0 Å². The fourth-order valence-corrected chi connectivity index (χ4v) is 3.66. The molecule has 5 aromatic rings. The Hall–Kier alpha value is -4.06. The Bertz CT molecular complexity index is 1440. The molecule has 0 atom stereocenters. The number of aromatic nitrogens is 5. The second-order valence-corrected chi connectivity index (χ2v) is 6.62. The number of carbonyl (C=O) groups is 1. The summed E-state index contributed by atoms with van der Waals surface area (Å²) >= 11 is 0. The van der Waals surface area contributed by atoms with E-state index in [1.54, 1.807) is 6.07 Å². The van der Waals surface area contributed by atoms with Crippen LogP contribution in [0.15, 0.2) is 66.9 Å². The molecule has 0 amide bonds. The third kappa shape index (κ3) is 2.02. The molecular weight excluding hydrogens is 350 g/mol. The number of nitrogens with zero attached hydrogens (tertiary/aromatic N) is 5. The molecule has 0 radical (unpaired) electrons. The molecule has 0 N–H and O–H groups in total. The minimum absolute atomic E-state index is 0.142. The highest BCUT2D eigenvalue weighted by Crippen LogP contribution is 2.34. The van der Waals surface area contributed by atoms with Gasteiger partial charge in [0.05, 0.1) is 0 Å². The number of pyridine rings is 2. The summed E-state index contributed by atoms with van der Waals surface area (Å²) in [7, 11) is 0. The van der Waals surface area contributed by atoms with Crippen LogP contribution >= 0.6 is 0 Å². The Balaban J connectivity index is 1.54. The summed E-state index contributed by atoms with van der Waals surface area (Å²) in [6.07, 6.45) is 1.81. The lowest BCUT2D eigenvalue weighted by Crippen LogP contribution is -2.04. The van der Waals surface area contributed by atoms with Crippen molar-refractivity contribution in [3.63, 3.8) is 0 Å². The summed E-state index contributed by atoms with van der Waals surface area (Å²) in [5.41, 5.74) is 3.42. The highest BCUT2D eigenvalue weighted by atomic mass is 16.1. The molecule has 0 unspecified atom stereocenters. The van der Waals surface area contributed by atoms with Crippen LogP contribution in [0.3, 0.4) is 0 Å². The van der Waals surface area contributed by atoms with Crippen LogP contribution in [-0.4, -0.2) is 30.9 Å². The van der Waals surface area contributed by atoms with Crippen LogP contribution in [0.4, 0.5) is 0 Å². The quantitative estimate of drug-likeness (QED) is 0.414. The highest BCUT2D eigenvalue weighted by molar-refractivity contribution is 6.19. The zero-order valence-electron chi connectivity index (χ0n) is 14.5. The fourth-order valence-electron chi connectivity index (χ4n) is 3.66. The maximum atomic E-state index is 12.5. The predicted molar refractivity (Wildman–Crippen MR) is 105 cm³/mol. The van der Waals surface area contributed by atoms with Gasteiger partial charge < -0.3 is 0 Å². The minimum Gasteiger partial charge on any atom is -0.287 e. The van der Waals surface area contributed by atoms with Crippen molar-refractivity contribution < 1.29 is 4.79 Å². The molecule has 6 nitrogen and oxygen atoms in total. The first-order chi connectivity index (χ1) is 13.8. The largest absolute Gasteiger partial charge is 0.287 e. The van der Waals surface area contributed by atoms with Crippen LogP contribution in [0.1, 0.15) is 16.1 Å². The Kier molecular flexibility index (Phi) is 2.94. The minimum atomic E-state index is -0.142. The first-order valence-corrected chi connectivity index (χ1v) is 8.83. The topological polar surface area (TPSA) is 81.5 Å². The molecule has 6 heteroatoms.